The number of benzene rings is 1. The number of hydrogen-bond acceptors (Lipinski definition) is 4. The number of sulfone groups is 1. The average Bonchev–Trinajstić information content (AvgIpc) is 2.50. The van der Waals surface area contributed by atoms with E-state index < -0.39 is 9.84 Å². The topological polar surface area (TPSA) is 87.8 Å². The zero-order valence-electron chi connectivity index (χ0n) is 13.1. The minimum Gasteiger partial charge on any atom is -0.370 e. The van der Waals surface area contributed by atoms with Gasteiger partial charge in [0.25, 0.3) is 0 Å². The number of hydrogen-bond donors (Lipinski definition) is 2. The van der Waals surface area contributed by atoms with Gasteiger partial charge < -0.3 is 11.1 Å². The molecular weight excluding hydrogens is 427 g/mol. The Morgan fingerprint density at radius 1 is 1.22 bits per heavy atom. The van der Waals surface area contributed by atoms with E-state index in [1.54, 1.807) is 0 Å². The van der Waals surface area contributed by atoms with Crippen molar-refractivity contribution >= 4 is 39.8 Å². The van der Waals surface area contributed by atoms with Crippen LogP contribution in [0, 0.1) is 0 Å². The molecule has 0 amide bonds. The van der Waals surface area contributed by atoms with Crippen LogP contribution in [0.25, 0.3) is 0 Å². The zero-order chi connectivity index (χ0) is 15.8. The molecule has 1 aromatic rings. The molecule has 0 atom stereocenters. The van der Waals surface area contributed by atoms with Gasteiger partial charge in [-0.2, -0.15) is 0 Å². The summed E-state index contributed by atoms with van der Waals surface area (Å²) in [5.41, 5.74) is 7.08. The molecule has 23 heavy (non-hydrogen) atoms. The zero-order valence-corrected chi connectivity index (χ0v) is 16.3. The van der Waals surface area contributed by atoms with Crippen LogP contribution >= 0.6 is 24.0 Å². The van der Waals surface area contributed by atoms with E-state index in [0.717, 1.165) is 19.5 Å². The van der Waals surface area contributed by atoms with Crippen molar-refractivity contribution in [1.29, 1.82) is 0 Å². The molecule has 0 bridgehead atoms. The molecule has 0 unspecified atom stereocenters. The van der Waals surface area contributed by atoms with Gasteiger partial charge in [-0.25, -0.2) is 8.42 Å². The van der Waals surface area contributed by atoms with Crippen LogP contribution in [0.4, 0.5) is 0 Å². The van der Waals surface area contributed by atoms with Crippen molar-refractivity contribution in [3.63, 3.8) is 0 Å². The Labute approximate surface area is 155 Å². The number of nitrogens with one attached hydrogen (secondary N) is 1. The largest absolute Gasteiger partial charge is 0.370 e. The van der Waals surface area contributed by atoms with E-state index in [1.165, 1.54) is 5.56 Å². The second kappa shape index (κ2) is 10.1. The second-order valence-electron chi connectivity index (χ2n) is 5.42. The lowest BCUT2D eigenvalue weighted by atomic mass is 10.1. The fourth-order valence-corrected chi connectivity index (χ4v) is 3.60. The van der Waals surface area contributed by atoms with E-state index in [-0.39, 0.29) is 35.5 Å². The first-order chi connectivity index (χ1) is 10.6. The molecule has 2 rings (SSSR count). The SMILES string of the molecule is I.NC(=NCCN1CCS(=O)(=O)CC1)NCCc1ccccc1. The predicted molar refractivity (Wildman–Crippen MR) is 105 cm³/mol. The quantitative estimate of drug-likeness (QED) is 0.373. The Hall–Kier alpha value is -0.870. The smallest absolute Gasteiger partial charge is 0.188 e. The molecule has 1 aliphatic rings. The Kier molecular flexibility index (Phi) is 8.85. The first-order valence-corrected chi connectivity index (χ1v) is 9.38. The highest BCUT2D eigenvalue weighted by Gasteiger charge is 2.20. The van der Waals surface area contributed by atoms with Crippen LogP contribution in [0.2, 0.25) is 0 Å². The van der Waals surface area contributed by atoms with Gasteiger partial charge >= 0.3 is 0 Å². The molecule has 1 aromatic carbocycles. The van der Waals surface area contributed by atoms with E-state index in [9.17, 15) is 8.42 Å². The van der Waals surface area contributed by atoms with Crippen molar-refractivity contribution in [3.05, 3.63) is 35.9 Å². The molecule has 0 spiro atoms. The molecule has 6 nitrogen and oxygen atoms in total. The third kappa shape index (κ3) is 7.98. The van der Waals surface area contributed by atoms with Crippen molar-refractivity contribution in [1.82, 2.24) is 10.2 Å². The molecule has 1 fully saturated rings. The number of aliphatic imine (C=N–C) groups is 1. The summed E-state index contributed by atoms with van der Waals surface area (Å²) in [6.07, 6.45) is 0.904. The molecule has 0 aromatic heterocycles. The maximum atomic E-state index is 11.3. The van der Waals surface area contributed by atoms with Gasteiger partial charge in [0, 0.05) is 26.2 Å². The van der Waals surface area contributed by atoms with Crippen LogP contribution in [0.1, 0.15) is 5.56 Å². The third-order valence-corrected chi connectivity index (χ3v) is 5.31. The standard InChI is InChI=1S/C15H24N4O2S.HI/c16-15(17-7-6-14-4-2-1-3-5-14)18-8-9-19-10-12-22(20,21)13-11-19;/h1-5H,6-13H2,(H3,16,17,18);1H. The van der Waals surface area contributed by atoms with Gasteiger partial charge in [-0.15, -0.1) is 24.0 Å². The Morgan fingerprint density at radius 2 is 1.87 bits per heavy atom. The van der Waals surface area contributed by atoms with Crippen molar-refractivity contribution in [2.45, 2.75) is 6.42 Å². The minimum atomic E-state index is -2.81. The lowest BCUT2D eigenvalue weighted by Gasteiger charge is -2.25. The van der Waals surface area contributed by atoms with Gasteiger partial charge in [0.1, 0.15) is 0 Å². The summed E-state index contributed by atoms with van der Waals surface area (Å²) in [5, 5.41) is 3.10. The second-order valence-corrected chi connectivity index (χ2v) is 7.73. The maximum Gasteiger partial charge on any atom is 0.188 e. The lowest BCUT2D eigenvalue weighted by Crippen LogP contribution is -2.41. The van der Waals surface area contributed by atoms with Crippen LogP contribution in [0.15, 0.2) is 35.3 Å². The van der Waals surface area contributed by atoms with Crippen LogP contribution < -0.4 is 11.1 Å². The minimum absolute atomic E-state index is 0. The van der Waals surface area contributed by atoms with Crippen molar-refractivity contribution in [3.8, 4) is 0 Å². The highest BCUT2D eigenvalue weighted by atomic mass is 127. The van der Waals surface area contributed by atoms with E-state index in [2.05, 4.69) is 27.3 Å². The van der Waals surface area contributed by atoms with Crippen LogP contribution in [-0.4, -0.2) is 63.5 Å². The van der Waals surface area contributed by atoms with Crippen molar-refractivity contribution < 1.29 is 8.42 Å². The van der Waals surface area contributed by atoms with Gasteiger partial charge in [-0.3, -0.25) is 9.89 Å². The van der Waals surface area contributed by atoms with Gasteiger partial charge in [0.2, 0.25) is 0 Å². The molecule has 1 saturated heterocycles. The van der Waals surface area contributed by atoms with E-state index >= 15 is 0 Å². The number of halogens is 1. The van der Waals surface area contributed by atoms with Gasteiger partial charge in [-0.1, -0.05) is 30.3 Å². The summed E-state index contributed by atoms with van der Waals surface area (Å²) in [4.78, 5) is 6.39. The number of nitrogens with two attached hydrogens (primary N) is 1. The summed E-state index contributed by atoms with van der Waals surface area (Å²) >= 11 is 0. The van der Waals surface area contributed by atoms with Gasteiger partial charge in [-0.05, 0) is 12.0 Å². The molecule has 1 aliphatic heterocycles. The monoisotopic (exact) mass is 452 g/mol. The van der Waals surface area contributed by atoms with Gasteiger partial charge in [0.05, 0.1) is 18.1 Å². The molecule has 0 radical (unpaired) electrons. The molecule has 3 N–H and O–H groups in total. The highest BCUT2D eigenvalue weighted by molar-refractivity contribution is 14.0. The van der Waals surface area contributed by atoms with E-state index in [0.29, 0.717) is 25.6 Å². The summed E-state index contributed by atoms with van der Waals surface area (Å²) in [6, 6.07) is 10.2. The summed E-state index contributed by atoms with van der Waals surface area (Å²) in [6.45, 7) is 3.28. The van der Waals surface area contributed by atoms with Crippen LogP contribution in [-0.2, 0) is 16.3 Å². The van der Waals surface area contributed by atoms with Gasteiger partial charge in [0.15, 0.2) is 15.8 Å². The Bertz CT molecular complexity index is 579. The normalized spacial score (nSPS) is 18.2. The third-order valence-electron chi connectivity index (χ3n) is 3.70. The average molecular weight is 452 g/mol. The molecule has 1 heterocycles. The molecule has 130 valence electrons. The van der Waals surface area contributed by atoms with E-state index in [4.69, 9.17) is 5.73 Å². The molecule has 8 heteroatoms. The first-order valence-electron chi connectivity index (χ1n) is 7.56. The van der Waals surface area contributed by atoms with Crippen LogP contribution in [0.3, 0.4) is 0 Å². The lowest BCUT2D eigenvalue weighted by molar-refractivity contribution is 0.304. The Morgan fingerprint density at radius 3 is 2.52 bits per heavy atom. The maximum absolute atomic E-state index is 11.3. The first kappa shape index (κ1) is 20.2. The molecule has 0 aliphatic carbocycles. The summed E-state index contributed by atoms with van der Waals surface area (Å²) in [5.74, 6) is 0.948. The number of rotatable bonds is 6. The molecular formula is C15H25IN4O2S. The fourth-order valence-electron chi connectivity index (χ4n) is 2.32. The summed E-state index contributed by atoms with van der Waals surface area (Å²) in [7, 11) is -2.81. The molecule has 0 saturated carbocycles. The van der Waals surface area contributed by atoms with Crippen molar-refractivity contribution in [2.75, 3.05) is 44.2 Å². The Balaban J connectivity index is 0.00000264. The number of nitrogens with zero attached hydrogens (tertiary/aromatic N) is 2. The van der Waals surface area contributed by atoms with Crippen molar-refractivity contribution in [2.24, 2.45) is 10.7 Å². The highest BCUT2D eigenvalue weighted by Crippen LogP contribution is 2.02. The fraction of sp³-hybridized carbons (Fsp3) is 0.533. The predicted octanol–water partition coefficient (Wildman–Crippen LogP) is 0.482. The summed E-state index contributed by atoms with van der Waals surface area (Å²) < 4.78 is 22.7. The van der Waals surface area contributed by atoms with Crippen LogP contribution in [0.5, 0.6) is 0 Å². The number of guanidine groups is 1. The van der Waals surface area contributed by atoms with E-state index in [1.807, 2.05) is 18.2 Å².